The van der Waals surface area contributed by atoms with Gasteiger partial charge in [-0.05, 0) is 0 Å². The van der Waals surface area contributed by atoms with Gasteiger partial charge in [0.25, 0.3) is 0 Å². The van der Waals surface area contributed by atoms with Crippen LogP contribution in [0.4, 0.5) is 0 Å². The molecule has 0 N–H and O–H groups in total. The first-order valence-electron chi connectivity index (χ1n) is 6.90. The zero-order valence-corrected chi connectivity index (χ0v) is 14.9. The summed E-state index contributed by atoms with van der Waals surface area (Å²) in [5, 5.41) is 4.31. The molecule has 1 aromatic carbocycles. The third-order valence-electron chi connectivity index (χ3n) is 3.55. The summed E-state index contributed by atoms with van der Waals surface area (Å²) in [5.74, 6) is 1.92. The second-order valence-corrected chi connectivity index (χ2v) is 7.07. The van der Waals surface area contributed by atoms with E-state index >= 15 is 0 Å². The Morgan fingerprint density at radius 1 is 1.23 bits per heavy atom. The molecule has 1 unspecified atom stereocenters. The average Bonchev–Trinajstić information content (AvgIpc) is 2.97. The predicted octanol–water partition coefficient (Wildman–Crippen LogP) is 2.21. The van der Waals surface area contributed by atoms with Crippen molar-refractivity contribution in [2.75, 3.05) is 14.2 Å². The van der Waals surface area contributed by atoms with Crippen molar-refractivity contribution in [1.29, 1.82) is 0 Å². The summed E-state index contributed by atoms with van der Waals surface area (Å²) < 4.78 is 27.8. The Kier molecular flexibility index (Phi) is 3.89. The van der Waals surface area contributed by atoms with Crippen LogP contribution < -0.4 is 14.2 Å². The molecule has 0 radical (unpaired) electrons. The first-order valence-corrected chi connectivity index (χ1v) is 8.52. The molecule has 118 valence electrons. The minimum atomic E-state index is -0.412. The van der Waals surface area contributed by atoms with Gasteiger partial charge in [-0.3, -0.25) is 0 Å². The molecule has 1 atom stereocenters. The molecule has 1 aromatic heterocycles. The topological polar surface area (TPSA) is 62.7 Å². The van der Waals surface area contributed by atoms with E-state index in [1.807, 2.05) is 32.9 Å². The van der Waals surface area contributed by atoms with Crippen LogP contribution in [0.25, 0.3) is 11.3 Å². The fourth-order valence-electron chi connectivity index (χ4n) is 2.37. The summed E-state index contributed by atoms with van der Waals surface area (Å²) in [6.45, 7) is 5.88. The fourth-order valence-corrected chi connectivity index (χ4v) is 3.85. The normalized spacial score (nSPS) is 16.2. The Morgan fingerprint density at radius 2 is 2.00 bits per heavy atom. The summed E-state index contributed by atoms with van der Waals surface area (Å²) >= 11 is -0.0104. The number of hydrogen-bond donors (Lipinski definition) is 0. The van der Waals surface area contributed by atoms with Gasteiger partial charge < -0.3 is 0 Å². The maximum absolute atomic E-state index is 6.15. The number of benzene rings is 1. The summed E-state index contributed by atoms with van der Waals surface area (Å²) in [4.78, 5) is 0. The van der Waals surface area contributed by atoms with Gasteiger partial charge in [-0.2, -0.15) is 0 Å². The van der Waals surface area contributed by atoms with E-state index < -0.39 is 5.60 Å². The predicted molar refractivity (Wildman–Crippen MR) is 81.7 cm³/mol. The van der Waals surface area contributed by atoms with Gasteiger partial charge in [0, 0.05) is 0 Å². The van der Waals surface area contributed by atoms with Crippen LogP contribution in [-0.2, 0) is 10.3 Å². The minimum absolute atomic E-state index is 0.0104. The van der Waals surface area contributed by atoms with Gasteiger partial charge >= 0.3 is 135 Å². The molecule has 0 amide bonds. The fraction of sp³-hybridized carbons (Fsp3) is 0.467. The molecule has 2 aromatic rings. The van der Waals surface area contributed by atoms with Crippen molar-refractivity contribution in [2.24, 2.45) is 0 Å². The van der Waals surface area contributed by atoms with E-state index in [1.165, 1.54) is 0 Å². The molecule has 22 heavy (non-hydrogen) atoms. The molecule has 6 nitrogen and oxygen atoms in total. The molecule has 0 spiro atoms. The standard InChI is InChI=1S/C15H18N2O4Se/c1-8(18-4)20-12-7-10-9(6-11(12)19-5)13-14(22-17-16-13)15(2,3)21-10/h6-8H,1-5H3. The molecular weight excluding hydrogens is 351 g/mol. The molecule has 0 bridgehead atoms. The molecule has 0 fully saturated rings. The maximum atomic E-state index is 6.15. The van der Waals surface area contributed by atoms with Crippen LogP contribution in [0.3, 0.4) is 0 Å². The van der Waals surface area contributed by atoms with Crippen molar-refractivity contribution in [3.63, 3.8) is 0 Å². The monoisotopic (exact) mass is 370 g/mol. The second kappa shape index (κ2) is 5.57. The molecular formula is C15H18N2O4Se. The number of methoxy groups -OCH3 is 2. The molecule has 3 rings (SSSR count). The van der Waals surface area contributed by atoms with E-state index in [9.17, 15) is 0 Å². The molecule has 1 aliphatic rings. The SMILES string of the molecule is COc1cc2c(cc1OC(C)OC)OC(C)(C)c1[se]nnc1-2. The van der Waals surface area contributed by atoms with Crippen LogP contribution in [0.5, 0.6) is 17.2 Å². The summed E-state index contributed by atoms with van der Waals surface area (Å²) in [6.07, 6.45) is -0.382. The van der Waals surface area contributed by atoms with E-state index in [-0.39, 0.29) is 21.0 Å². The quantitative estimate of drug-likeness (QED) is 0.608. The van der Waals surface area contributed by atoms with Crippen molar-refractivity contribution in [3.8, 4) is 28.5 Å². The van der Waals surface area contributed by atoms with Gasteiger partial charge in [-0.25, -0.2) is 0 Å². The van der Waals surface area contributed by atoms with E-state index in [1.54, 1.807) is 14.2 Å². The van der Waals surface area contributed by atoms with Gasteiger partial charge in [0.1, 0.15) is 0 Å². The van der Waals surface area contributed by atoms with Crippen LogP contribution >= 0.6 is 0 Å². The van der Waals surface area contributed by atoms with Gasteiger partial charge in [0.15, 0.2) is 0 Å². The Balaban J connectivity index is 2.11. The third kappa shape index (κ3) is 2.49. The summed E-state index contributed by atoms with van der Waals surface area (Å²) in [5.41, 5.74) is 1.38. The van der Waals surface area contributed by atoms with Gasteiger partial charge in [0.05, 0.1) is 0 Å². The number of aromatic nitrogens is 2. The zero-order chi connectivity index (χ0) is 15.9. The van der Waals surface area contributed by atoms with Crippen LogP contribution in [0, 0.1) is 0 Å². The number of ether oxygens (including phenoxy) is 4. The molecule has 7 heteroatoms. The molecule has 2 heterocycles. The molecule has 0 aliphatic carbocycles. The Labute approximate surface area is 135 Å². The Hall–Kier alpha value is -1.56. The van der Waals surface area contributed by atoms with Gasteiger partial charge in [-0.1, -0.05) is 0 Å². The molecule has 1 aliphatic heterocycles. The van der Waals surface area contributed by atoms with Crippen molar-refractivity contribution >= 4 is 14.7 Å². The Bertz CT molecular complexity index is 699. The summed E-state index contributed by atoms with van der Waals surface area (Å²) in [7, 11) is 3.20. The van der Waals surface area contributed by atoms with Crippen LogP contribution in [0.2, 0.25) is 0 Å². The van der Waals surface area contributed by atoms with Crippen LogP contribution in [0.15, 0.2) is 12.1 Å². The third-order valence-corrected chi connectivity index (χ3v) is 5.71. The van der Waals surface area contributed by atoms with E-state index in [2.05, 4.69) is 9.19 Å². The average molecular weight is 369 g/mol. The second-order valence-electron chi connectivity index (χ2n) is 5.48. The van der Waals surface area contributed by atoms with Gasteiger partial charge in [0.2, 0.25) is 0 Å². The summed E-state index contributed by atoms with van der Waals surface area (Å²) in [6, 6.07) is 3.72. The first kappa shape index (κ1) is 15.3. The van der Waals surface area contributed by atoms with Crippen molar-refractivity contribution in [1.82, 2.24) is 9.19 Å². The molecule has 0 saturated heterocycles. The van der Waals surface area contributed by atoms with Crippen LogP contribution in [0.1, 0.15) is 25.2 Å². The van der Waals surface area contributed by atoms with Crippen molar-refractivity contribution in [3.05, 3.63) is 16.6 Å². The Morgan fingerprint density at radius 3 is 2.68 bits per heavy atom. The number of rotatable bonds is 4. The number of fused-ring (bicyclic) bond motifs is 3. The van der Waals surface area contributed by atoms with Gasteiger partial charge in [-0.15, -0.1) is 0 Å². The zero-order valence-electron chi connectivity index (χ0n) is 13.2. The molecule has 0 saturated carbocycles. The van der Waals surface area contributed by atoms with E-state index in [4.69, 9.17) is 18.9 Å². The van der Waals surface area contributed by atoms with E-state index in [0.29, 0.717) is 11.5 Å². The van der Waals surface area contributed by atoms with Crippen LogP contribution in [-0.4, -0.2) is 44.4 Å². The first-order chi connectivity index (χ1) is 10.5. The van der Waals surface area contributed by atoms with E-state index in [0.717, 1.165) is 21.4 Å². The number of hydrogen-bond acceptors (Lipinski definition) is 6. The van der Waals surface area contributed by atoms with Crippen molar-refractivity contribution < 1.29 is 18.9 Å². The van der Waals surface area contributed by atoms with Crippen molar-refractivity contribution in [2.45, 2.75) is 32.7 Å². The number of nitrogens with zero attached hydrogens (tertiary/aromatic N) is 2.